The highest BCUT2D eigenvalue weighted by atomic mass is 35.5. The average molecular weight is 279 g/mol. The van der Waals surface area contributed by atoms with Crippen LogP contribution in [0, 0.1) is 13.8 Å². The first kappa shape index (κ1) is 13.7. The normalized spacial score (nSPS) is 10.7. The zero-order chi connectivity index (χ0) is 13.8. The fraction of sp³-hybridized carbons (Fsp3) is 0.357. The van der Waals surface area contributed by atoms with Crippen LogP contribution in [-0.4, -0.2) is 16.3 Å². The van der Waals surface area contributed by atoms with E-state index in [9.17, 15) is 0 Å². The lowest BCUT2D eigenvalue weighted by molar-refractivity contribution is 0.574. The van der Waals surface area contributed by atoms with E-state index in [0.717, 1.165) is 36.6 Å². The molecule has 5 heteroatoms. The zero-order valence-electron chi connectivity index (χ0n) is 11.3. The van der Waals surface area contributed by atoms with Crippen molar-refractivity contribution in [3.05, 3.63) is 40.7 Å². The first-order valence-electron chi connectivity index (χ1n) is 6.36. The van der Waals surface area contributed by atoms with Gasteiger partial charge >= 0.3 is 0 Å². The summed E-state index contributed by atoms with van der Waals surface area (Å²) in [5.41, 5.74) is 9.73. The van der Waals surface area contributed by atoms with Gasteiger partial charge in [0.25, 0.3) is 0 Å². The molecular formula is C14H19ClN4. The lowest BCUT2D eigenvalue weighted by atomic mass is 10.2. The molecular weight excluding hydrogens is 260 g/mol. The standard InChI is InChI=1S/C14H19ClN4/c1-10-8-11(2)19(18-10)7-3-6-17-14-9-12(15)4-5-13(14)16/h4-5,8-9,17H,3,6-7,16H2,1-2H3. The first-order valence-corrected chi connectivity index (χ1v) is 6.74. The molecule has 0 fully saturated rings. The largest absolute Gasteiger partial charge is 0.397 e. The van der Waals surface area contributed by atoms with Crippen molar-refractivity contribution in [1.82, 2.24) is 9.78 Å². The average Bonchev–Trinajstić information content (AvgIpc) is 2.67. The lowest BCUT2D eigenvalue weighted by Crippen LogP contribution is -2.09. The van der Waals surface area contributed by atoms with Crippen LogP contribution >= 0.6 is 11.6 Å². The fourth-order valence-electron chi connectivity index (χ4n) is 2.03. The van der Waals surface area contributed by atoms with Crippen LogP contribution in [0.2, 0.25) is 5.02 Å². The molecule has 0 saturated heterocycles. The summed E-state index contributed by atoms with van der Waals surface area (Å²) < 4.78 is 2.03. The molecule has 0 aliphatic heterocycles. The Kier molecular flexibility index (Phi) is 4.32. The second kappa shape index (κ2) is 5.97. The molecule has 0 unspecified atom stereocenters. The second-order valence-electron chi connectivity index (χ2n) is 4.66. The topological polar surface area (TPSA) is 55.9 Å². The van der Waals surface area contributed by atoms with Gasteiger partial charge in [0.05, 0.1) is 17.1 Å². The fourth-order valence-corrected chi connectivity index (χ4v) is 2.21. The molecule has 3 N–H and O–H groups in total. The molecule has 0 spiro atoms. The van der Waals surface area contributed by atoms with Gasteiger partial charge in [-0.3, -0.25) is 4.68 Å². The van der Waals surface area contributed by atoms with Crippen LogP contribution in [-0.2, 0) is 6.54 Å². The van der Waals surface area contributed by atoms with Crippen LogP contribution in [0.3, 0.4) is 0 Å². The third-order valence-corrected chi connectivity index (χ3v) is 3.22. The quantitative estimate of drug-likeness (QED) is 0.652. The van der Waals surface area contributed by atoms with Gasteiger partial charge in [-0.1, -0.05) is 11.6 Å². The van der Waals surface area contributed by atoms with Crippen molar-refractivity contribution < 1.29 is 0 Å². The second-order valence-corrected chi connectivity index (χ2v) is 5.10. The highest BCUT2D eigenvalue weighted by Crippen LogP contribution is 2.22. The summed E-state index contributed by atoms with van der Waals surface area (Å²) in [7, 11) is 0. The van der Waals surface area contributed by atoms with Crippen molar-refractivity contribution in [3.63, 3.8) is 0 Å². The number of hydrogen-bond donors (Lipinski definition) is 2. The molecule has 0 saturated carbocycles. The first-order chi connectivity index (χ1) is 9.06. The van der Waals surface area contributed by atoms with Gasteiger partial charge in [-0.25, -0.2) is 0 Å². The van der Waals surface area contributed by atoms with E-state index in [2.05, 4.69) is 23.4 Å². The van der Waals surface area contributed by atoms with Gasteiger partial charge in [0.1, 0.15) is 0 Å². The Morgan fingerprint density at radius 2 is 2.11 bits per heavy atom. The Morgan fingerprint density at radius 3 is 2.79 bits per heavy atom. The number of aromatic nitrogens is 2. The Hall–Kier alpha value is -1.68. The molecule has 4 nitrogen and oxygen atoms in total. The number of halogens is 1. The minimum absolute atomic E-state index is 0.690. The third-order valence-electron chi connectivity index (χ3n) is 2.98. The number of nitrogen functional groups attached to an aromatic ring is 1. The maximum absolute atomic E-state index is 5.94. The van der Waals surface area contributed by atoms with Crippen LogP contribution in [0.1, 0.15) is 17.8 Å². The van der Waals surface area contributed by atoms with Crippen LogP contribution in [0.4, 0.5) is 11.4 Å². The number of nitrogens with one attached hydrogen (secondary N) is 1. The number of aryl methyl sites for hydroxylation is 3. The van der Waals surface area contributed by atoms with Crippen LogP contribution < -0.4 is 11.1 Å². The van der Waals surface area contributed by atoms with Gasteiger partial charge in [0.15, 0.2) is 0 Å². The molecule has 2 rings (SSSR count). The predicted octanol–water partition coefficient (Wildman–Crippen LogP) is 3.24. The van der Waals surface area contributed by atoms with Crippen molar-refractivity contribution >= 4 is 23.0 Å². The minimum atomic E-state index is 0.690. The summed E-state index contributed by atoms with van der Waals surface area (Å²) >= 11 is 5.94. The summed E-state index contributed by atoms with van der Waals surface area (Å²) in [5, 5.41) is 8.42. The van der Waals surface area contributed by atoms with E-state index in [1.807, 2.05) is 23.7 Å². The van der Waals surface area contributed by atoms with Gasteiger partial charge in [0, 0.05) is 23.8 Å². The van der Waals surface area contributed by atoms with Gasteiger partial charge in [0.2, 0.25) is 0 Å². The van der Waals surface area contributed by atoms with Crippen molar-refractivity contribution in [3.8, 4) is 0 Å². The van der Waals surface area contributed by atoms with E-state index >= 15 is 0 Å². The maximum Gasteiger partial charge on any atom is 0.0596 e. The smallest absolute Gasteiger partial charge is 0.0596 e. The van der Waals surface area contributed by atoms with Gasteiger partial charge in [-0.15, -0.1) is 0 Å². The maximum atomic E-state index is 5.94. The Bertz CT molecular complexity index is 563. The van der Waals surface area contributed by atoms with Crippen LogP contribution in [0.15, 0.2) is 24.3 Å². The highest BCUT2D eigenvalue weighted by Gasteiger charge is 2.02. The molecule has 0 aliphatic carbocycles. The molecule has 19 heavy (non-hydrogen) atoms. The summed E-state index contributed by atoms with van der Waals surface area (Å²) in [5.74, 6) is 0. The number of rotatable bonds is 5. The molecule has 102 valence electrons. The predicted molar refractivity (Wildman–Crippen MR) is 80.7 cm³/mol. The van der Waals surface area contributed by atoms with E-state index in [-0.39, 0.29) is 0 Å². The van der Waals surface area contributed by atoms with Gasteiger partial charge < -0.3 is 11.1 Å². The minimum Gasteiger partial charge on any atom is -0.397 e. The van der Waals surface area contributed by atoms with Crippen molar-refractivity contribution in [1.29, 1.82) is 0 Å². The molecule has 0 atom stereocenters. The van der Waals surface area contributed by atoms with E-state index in [0.29, 0.717) is 5.02 Å². The summed E-state index contributed by atoms with van der Waals surface area (Å²) in [6, 6.07) is 7.53. The van der Waals surface area contributed by atoms with Crippen molar-refractivity contribution in [2.45, 2.75) is 26.8 Å². The lowest BCUT2D eigenvalue weighted by Gasteiger charge is -2.10. The monoisotopic (exact) mass is 278 g/mol. The van der Waals surface area contributed by atoms with Crippen molar-refractivity contribution in [2.75, 3.05) is 17.6 Å². The van der Waals surface area contributed by atoms with Crippen molar-refractivity contribution in [2.24, 2.45) is 0 Å². The number of nitrogens with zero attached hydrogens (tertiary/aromatic N) is 2. The number of anilines is 2. The molecule has 1 heterocycles. The molecule has 0 bridgehead atoms. The summed E-state index contributed by atoms with van der Waals surface area (Å²) in [4.78, 5) is 0. The molecule has 2 aromatic rings. The summed E-state index contributed by atoms with van der Waals surface area (Å²) in [6.45, 7) is 5.81. The van der Waals surface area contributed by atoms with E-state index in [1.54, 1.807) is 6.07 Å². The number of benzene rings is 1. The zero-order valence-corrected chi connectivity index (χ0v) is 12.0. The van der Waals surface area contributed by atoms with Gasteiger partial charge in [-0.2, -0.15) is 5.10 Å². The molecule has 0 amide bonds. The number of nitrogens with two attached hydrogens (primary N) is 1. The Balaban J connectivity index is 1.84. The van der Waals surface area contributed by atoms with Crippen LogP contribution in [0.5, 0.6) is 0 Å². The molecule has 0 aliphatic rings. The third kappa shape index (κ3) is 3.64. The van der Waals surface area contributed by atoms with E-state index < -0.39 is 0 Å². The summed E-state index contributed by atoms with van der Waals surface area (Å²) in [6.07, 6.45) is 0.980. The van der Waals surface area contributed by atoms with E-state index in [1.165, 1.54) is 5.69 Å². The Labute approximate surface area is 118 Å². The van der Waals surface area contributed by atoms with Gasteiger partial charge in [-0.05, 0) is 44.5 Å². The SMILES string of the molecule is Cc1cc(C)n(CCCNc2cc(Cl)ccc2N)n1. The number of hydrogen-bond acceptors (Lipinski definition) is 3. The molecule has 0 radical (unpaired) electrons. The molecule has 1 aromatic heterocycles. The Morgan fingerprint density at radius 1 is 1.32 bits per heavy atom. The highest BCUT2D eigenvalue weighted by molar-refractivity contribution is 6.31. The van der Waals surface area contributed by atoms with Crippen LogP contribution in [0.25, 0.3) is 0 Å². The molecule has 1 aromatic carbocycles. The van der Waals surface area contributed by atoms with E-state index in [4.69, 9.17) is 17.3 Å².